The van der Waals surface area contributed by atoms with Gasteiger partial charge in [0, 0.05) is 18.0 Å². The highest BCUT2D eigenvalue weighted by Crippen LogP contribution is 2.38. The molecular weight excluding hydrogens is 506 g/mol. The van der Waals surface area contributed by atoms with Crippen molar-refractivity contribution in [3.8, 4) is 0 Å². The van der Waals surface area contributed by atoms with Gasteiger partial charge in [-0.05, 0) is 80.0 Å². The third-order valence-corrected chi connectivity index (χ3v) is 8.64. The number of hydrazone groups is 1. The highest BCUT2D eigenvalue weighted by atomic mass is 16.5. The monoisotopic (exact) mass is 545 g/mol. The number of rotatable bonds is 10. The first-order valence-electron chi connectivity index (χ1n) is 14.6. The fraction of sp³-hybridized carbons (Fsp3) is 0.500. The van der Waals surface area contributed by atoms with Crippen molar-refractivity contribution in [2.45, 2.75) is 82.7 Å². The molecule has 2 amide bonds. The van der Waals surface area contributed by atoms with E-state index >= 15 is 0 Å². The number of benzene rings is 2. The number of amides is 2. The molecule has 8 nitrogen and oxygen atoms in total. The summed E-state index contributed by atoms with van der Waals surface area (Å²) < 4.78 is 5.56. The molecule has 2 aromatic rings. The van der Waals surface area contributed by atoms with Gasteiger partial charge in [-0.2, -0.15) is 0 Å². The van der Waals surface area contributed by atoms with Gasteiger partial charge in [0.25, 0.3) is 5.91 Å². The van der Waals surface area contributed by atoms with Crippen molar-refractivity contribution in [1.82, 2.24) is 10.3 Å². The van der Waals surface area contributed by atoms with Gasteiger partial charge < -0.3 is 15.2 Å². The third-order valence-electron chi connectivity index (χ3n) is 8.64. The topological polar surface area (TPSA) is 108 Å². The van der Waals surface area contributed by atoms with E-state index in [1.54, 1.807) is 0 Å². The maximum atomic E-state index is 13.6. The second kappa shape index (κ2) is 13.1. The zero-order valence-corrected chi connectivity index (χ0v) is 23.0. The van der Waals surface area contributed by atoms with Crippen molar-refractivity contribution in [3.05, 3.63) is 71.3 Å². The van der Waals surface area contributed by atoms with Gasteiger partial charge in [-0.25, -0.2) is 5.01 Å². The molecule has 8 heteroatoms. The van der Waals surface area contributed by atoms with Crippen molar-refractivity contribution in [3.63, 3.8) is 0 Å². The minimum Gasteiger partial charge on any atom is -0.481 e. The van der Waals surface area contributed by atoms with Crippen molar-refractivity contribution in [1.29, 1.82) is 0 Å². The Morgan fingerprint density at radius 3 is 2.35 bits per heavy atom. The molecule has 2 fully saturated rings. The summed E-state index contributed by atoms with van der Waals surface area (Å²) in [6.45, 7) is 0.293. The molecular formula is C32H39N3O5. The van der Waals surface area contributed by atoms with Crippen LogP contribution >= 0.6 is 0 Å². The number of carbonyl (C=O) groups excluding carboxylic acids is 2. The minimum atomic E-state index is -0.734. The maximum absolute atomic E-state index is 13.6. The van der Waals surface area contributed by atoms with Crippen LogP contribution in [0.3, 0.4) is 0 Å². The number of aliphatic carboxylic acids is 1. The van der Waals surface area contributed by atoms with E-state index in [0.29, 0.717) is 24.3 Å². The van der Waals surface area contributed by atoms with Gasteiger partial charge >= 0.3 is 5.97 Å². The Morgan fingerprint density at radius 2 is 1.68 bits per heavy atom. The second-order valence-electron chi connectivity index (χ2n) is 11.4. The summed E-state index contributed by atoms with van der Waals surface area (Å²) in [7, 11) is 0. The van der Waals surface area contributed by atoms with Crippen LogP contribution in [0.1, 0.15) is 86.8 Å². The van der Waals surface area contributed by atoms with Crippen LogP contribution < -0.4 is 5.32 Å². The molecule has 0 saturated heterocycles. The molecule has 0 bridgehead atoms. The molecule has 1 heterocycles. The number of ether oxygens (including phenoxy) is 1. The van der Waals surface area contributed by atoms with E-state index < -0.39 is 5.97 Å². The van der Waals surface area contributed by atoms with Crippen LogP contribution in [-0.4, -0.2) is 46.4 Å². The normalized spacial score (nSPS) is 22.4. The zero-order chi connectivity index (χ0) is 27.9. The molecule has 40 heavy (non-hydrogen) atoms. The molecule has 0 spiro atoms. The highest BCUT2D eigenvalue weighted by molar-refractivity contribution is 5.97. The first-order chi connectivity index (χ1) is 19.5. The van der Waals surface area contributed by atoms with Crippen molar-refractivity contribution in [2.24, 2.45) is 16.9 Å². The van der Waals surface area contributed by atoms with E-state index in [1.807, 2.05) is 54.6 Å². The third kappa shape index (κ3) is 7.09. The predicted molar refractivity (Wildman–Crippen MR) is 151 cm³/mol. The van der Waals surface area contributed by atoms with Crippen molar-refractivity contribution in [2.75, 3.05) is 6.61 Å². The Morgan fingerprint density at radius 1 is 0.975 bits per heavy atom. The Kier molecular flexibility index (Phi) is 9.14. The van der Waals surface area contributed by atoms with Crippen LogP contribution in [0.15, 0.2) is 59.7 Å². The minimum absolute atomic E-state index is 0.0444. The Hall–Kier alpha value is -3.68. The highest BCUT2D eigenvalue weighted by Gasteiger charge is 2.34. The zero-order valence-electron chi connectivity index (χ0n) is 23.0. The van der Waals surface area contributed by atoms with Crippen LogP contribution in [0.4, 0.5) is 0 Å². The first kappa shape index (κ1) is 27.9. The summed E-state index contributed by atoms with van der Waals surface area (Å²) in [5, 5.41) is 18.2. The summed E-state index contributed by atoms with van der Waals surface area (Å²) in [6.07, 6.45) is 9.12. The number of carboxylic acids is 1. The SMILES string of the molecule is O=C(O)CC[C@H]1CC[C@H](NC(=O)C(c2ccc(CN3N=C(c4ccccc4)OCC3=O)cc2)C2CCCC2)CC1. The van der Waals surface area contributed by atoms with Crippen LogP contribution in [0.2, 0.25) is 0 Å². The number of carbonyl (C=O) groups is 3. The molecule has 0 radical (unpaired) electrons. The number of hydrogen-bond acceptors (Lipinski definition) is 5. The van der Waals surface area contributed by atoms with Crippen LogP contribution in [-0.2, 0) is 25.7 Å². The van der Waals surface area contributed by atoms with E-state index in [4.69, 9.17) is 9.84 Å². The number of nitrogens with zero attached hydrogens (tertiary/aromatic N) is 2. The second-order valence-corrected chi connectivity index (χ2v) is 11.4. The van der Waals surface area contributed by atoms with E-state index in [2.05, 4.69) is 10.4 Å². The molecule has 212 valence electrons. The largest absolute Gasteiger partial charge is 0.481 e. The van der Waals surface area contributed by atoms with Gasteiger partial charge in [0.1, 0.15) is 0 Å². The predicted octanol–water partition coefficient (Wildman–Crippen LogP) is 5.22. The average Bonchev–Trinajstić information content (AvgIpc) is 3.50. The Bertz CT molecular complexity index is 1200. The number of hydrogen-bond donors (Lipinski definition) is 2. The van der Waals surface area contributed by atoms with Crippen molar-refractivity contribution >= 4 is 23.7 Å². The number of nitrogens with one attached hydrogen (secondary N) is 1. The van der Waals surface area contributed by atoms with Crippen LogP contribution in [0, 0.1) is 11.8 Å². The fourth-order valence-electron chi connectivity index (χ4n) is 6.39. The fourth-order valence-corrected chi connectivity index (χ4v) is 6.39. The first-order valence-corrected chi connectivity index (χ1v) is 14.6. The molecule has 2 aliphatic carbocycles. The number of carboxylic acid groups (broad SMARTS) is 1. The molecule has 0 aromatic heterocycles. The van der Waals surface area contributed by atoms with Gasteiger partial charge in [0.05, 0.1) is 12.5 Å². The van der Waals surface area contributed by atoms with E-state index in [1.165, 1.54) is 5.01 Å². The summed E-state index contributed by atoms with van der Waals surface area (Å²) in [5.41, 5.74) is 2.79. The lowest BCUT2D eigenvalue weighted by molar-refractivity contribution is -0.137. The average molecular weight is 546 g/mol. The molecule has 1 unspecified atom stereocenters. The lowest BCUT2D eigenvalue weighted by Crippen LogP contribution is -2.41. The molecule has 1 atom stereocenters. The quantitative estimate of drug-likeness (QED) is 0.426. The van der Waals surface area contributed by atoms with E-state index in [0.717, 1.165) is 74.5 Å². The van der Waals surface area contributed by atoms with E-state index in [-0.39, 0.29) is 36.8 Å². The summed E-state index contributed by atoms with van der Waals surface area (Å²) in [6, 6.07) is 17.8. The lowest BCUT2D eigenvalue weighted by Gasteiger charge is -2.31. The maximum Gasteiger partial charge on any atom is 0.303 e. The summed E-state index contributed by atoms with van der Waals surface area (Å²) >= 11 is 0. The smallest absolute Gasteiger partial charge is 0.303 e. The summed E-state index contributed by atoms with van der Waals surface area (Å²) in [5.74, 6) is 0.200. The van der Waals surface area contributed by atoms with Gasteiger partial charge in [-0.3, -0.25) is 14.4 Å². The van der Waals surface area contributed by atoms with Gasteiger partial charge in [0.2, 0.25) is 11.8 Å². The van der Waals surface area contributed by atoms with Gasteiger partial charge in [-0.1, -0.05) is 55.3 Å². The molecule has 2 saturated carbocycles. The molecule has 5 rings (SSSR count). The van der Waals surface area contributed by atoms with E-state index in [9.17, 15) is 14.4 Å². The van der Waals surface area contributed by atoms with Gasteiger partial charge in [0.15, 0.2) is 6.61 Å². The van der Waals surface area contributed by atoms with Crippen LogP contribution in [0.25, 0.3) is 0 Å². The molecule has 1 aliphatic heterocycles. The van der Waals surface area contributed by atoms with Crippen molar-refractivity contribution < 1.29 is 24.2 Å². The van der Waals surface area contributed by atoms with Crippen LogP contribution in [0.5, 0.6) is 0 Å². The molecule has 2 aromatic carbocycles. The standard InChI is InChI=1S/C32H39N3O5/c36-28-21-40-32(26-8-2-1-3-9-26)34-35(28)20-23-10-15-25(16-11-23)30(24-6-4-5-7-24)31(39)33-27-17-12-22(13-18-27)14-19-29(37)38/h1-3,8-11,15-16,22,24,27,30H,4-7,12-14,17-21H2,(H,33,39)(H,37,38)/t22-,27-,30?. The summed E-state index contributed by atoms with van der Waals surface area (Å²) in [4.78, 5) is 37.0. The van der Waals surface area contributed by atoms with Gasteiger partial charge in [-0.15, -0.1) is 5.10 Å². The molecule has 2 N–H and O–H groups in total. The Labute approximate surface area is 235 Å². The Balaban J connectivity index is 1.23. The lowest BCUT2D eigenvalue weighted by atomic mass is 9.81. The molecule has 3 aliphatic rings.